The highest BCUT2D eigenvalue weighted by Crippen LogP contribution is 2.40. The van der Waals surface area contributed by atoms with Crippen LogP contribution in [0.1, 0.15) is 12.5 Å². The molecule has 1 amide bonds. The molecule has 9 nitrogen and oxygen atoms in total. The fourth-order valence-electron chi connectivity index (χ4n) is 1.66. The molecule has 0 fully saturated rings. The minimum atomic E-state index is -4.72. The lowest BCUT2D eigenvalue weighted by Crippen LogP contribution is -2.24. The minimum Gasteiger partial charge on any atom is -0.459 e. The molecule has 1 heterocycles. The van der Waals surface area contributed by atoms with Crippen molar-refractivity contribution in [3.05, 3.63) is 33.9 Å². The second kappa shape index (κ2) is 8.30. The van der Waals surface area contributed by atoms with Crippen molar-refractivity contribution < 1.29 is 32.4 Å². The monoisotopic (exact) mass is 422 g/mol. The van der Waals surface area contributed by atoms with E-state index in [9.17, 15) is 32.9 Å². The van der Waals surface area contributed by atoms with Gasteiger partial charge < -0.3 is 4.74 Å². The number of rotatable bonds is 5. The van der Waals surface area contributed by atoms with Gasteiger partial charge in [0, 0.05) is 6.07 Å². The van der Waals surface area contributed by atoms with Crippen LogP contribution in [-0.4, -0.2) is 33.6 Å². The van der Waals surface area contributed by atoms with Gasteiger partial charge in [-0.15, -0.1) is 10.2 Å². The van der Waals surface area contributed by atoms with Gasteiger partial charge in [0.2, 0.25) is 5.13 Å². The number of hydrogen-bond acceptors (Lipinski definition) is 9. The van der Waals surface area contributed by atoms with Crippen LogP contribution in [-0.2, 0) is 20.5 Å². The van der Waals surface area contributed by atoms with Crippen molar-refractivity contribution in [2.45, 2.75) is 22.3 Å². The molecule has 0 bridgehead atoms. The van der Waals surface area contributed by atoms with E-state index in [0.717, 1.165) is 17.4 Å². The number of nitrogens with zero attached hydrogens (tertiary/aromatic N) is 3. The van der Waals surface area contributed by atoms with Gasteiger partial charge in [0.15, 0.2) is 4.34 Å². The molecular weight excluding hydrogens is 413 g/mol. The molecule has 1 aromatic carbocycles. The summed E-state index contributed by atoms with van der Waals surface area (Å²) in [4.78, 5) is 32.8. The Kier molecular flexibility index (Phi) is 6.32. The Balaban J connectivity index is 2.18. The molecule has 0 aliphatic carbocycles. The lowest BCUT2D eigenvalue weighted by molar-refractivity contribution is -0.388. The zero-order valence-electron chi connectivity index (χ0n) is 13.3. The predicted molar refractivity (Wildman–Crippen MR) is 87.4 cm³/mol. The van der Waals surface area contributed by atoms with Crippen LogP contribution in [0.5, 0.6) is 0 Å². The summed E-state index contributed by atoms with van der Waals surface area (Å²) < 4.78 is 42.7. The van der Waals surface area contributed by atoms with Crippen molar-refractivity contribution in [3.63, 3.8) is 0 Å². The molecule has 144 valence electrons. The molecule has 14 heteroatoms. The zero-order valence-corrected chi connectivity index (χ0v) is 14.9. The number of carbonyl (C=O) groups is 2. The number of esters is 1. The van der Waals surface area contributed by atoms with Crippen LogP contribution in [0.2, 0.25) is 0 Å². The first-order valence-corrected chi connectivity index (χ1v) is 8.60. The van der Waals surface area contributed by atoms with E-state index in [2.05, 4.69) is 20.3 Å². The first-order valence-electron chi connectivity index (χ1n) is 6.97. The Morgan fingerprint density at radius 3 is 2.67 bits per heavy atom. The molecule has 1 aromatic heterocycles. The molecule has 0 saturated heterocycles. The first kappa shape index (κ1) is 20.6. The summed E-state index contributed by atoms with van der Waals surface area (Å²) in [7, 11) is 0. The number of ether oxygens (including phenoxy) is 1. The number of aromatic nitrogens is 2. The Morgan fingerprint density at radius 1 is 1.37 bits per heavy atom. The highest BCUT2D eigenvalue weighted by atomic mass is 32.2. The lowest BCUT2D eigenvalue weighted by atomic mass is 10.2. The van der Waals surface area contributed by atoms with Gasteiger partial charge in [-0.1, -0.05) is 11.3 Å². The Hall–Kier alpha value is -2.74. The smallest absolute Gasteiger partial charge is 0.416 e. The number of alkyl halides is 3. The van der Waals surface area contributed by atoms with E-state index >= 15 is 0 Å². The normalized spacial score (nSPS) is 11.1. The van der Waals surface area contributed by atoms with Gasteiger partial charge in [-0.2, -0.15) is 13.2 Å². The van der Waals surface area contributed by atoms with Crippen LogP contribution in [0.25, 0.3) is 0 Å². The van der Waals surface area contributed by atoms with Crippen LogP contribution in [0, 0.1) is 10.1 Å². The van der Waals surface area contributed by atoms with E-state index in [1.54, 1.807) is 0 Å². The van der Waals surface area contributed by atoms with Crippen molar-refractivity contribution in [2.75, 3.05) is 11.9 Å². The van der Waals surface area contributed by atoms with Gasteiger partial charge in [0.1, 0.15) is 0 Å². The van der Waals surface area contributed by atoms with Crippen LogP contribution < -0.4 is 5.32 Å². The first-order chi connectivity index (χ1) is 12.6. The van der Waals surface area contributed by atoms with Crippen LogP contribution in [0.4, 0.5) is 24.0 Å². The molecule has 0 radical (unpaired) electrons. The van der Waals surface area contributed by atoms with E-state index in [1.165, 1.54) is 6.92 Å². The second-order valence-electron chi connectivity index (χ2n) is 4.59. The molecular formula is C13H9F3N4O5S2. The number of amides is 1. The summed E-state index contributed by atoms with van der Waals surface area (Å²) in [6.07, 6.45) is -4.72. The molecule has 0 aliphatic heterocycles. The summed E-state index contributed by atoms with van der Waals surface area (Å²) >= 11 is 1.47. The van der Waals surface area contributed by atoms with E-state index in [0.29, 0.717) is 23.9 Å². The van der Waals surface area contributed by atoms with Crippen LogP contribution >= 0.6 is 23.1 Å². The number of benzene rings is 1. The molecule has 0 spiro atoms. The Morgan fingerprint density at radius 2 is 2.07 bits per heavy atom. The molecule has 27 heavy (non-hydrogen) atoms. The highest BCUT2D eigenvalue weighted by Gasteiger charge is 2.33. The number of nitro groups is 1. The van der Waals surface area contributed by atoms with Crippen molar-refractivity contribution >= 4 is 45.8 Å². The standard InChI is InChI=1S/C13H9F3N4O5S2/c1-2-25-10(22)9(21)17-11-18-19-12(27-11)26-8-4-3-6(13(14,15)16)5-7(8)20(23)24/h3-5H,2H2,1H3,(H,17,18,21). The highest BCUT2D eigenvalue weighted by molar-refractivity contribution is 8.01. The number of anilines is 1. The zero-order chi connectivity index (χ0) is 20.2. The van der Waals surface area contributed by atoms with E-state index in [-0.39, 0.29) is 21.0 Å². The van der Waals surface area contributed by atoms with Crippen molar-refractivity contribution in [1.82, 2.24) is 10.2 Å². The van der Waals surface area contributed by atoms with Gasteiger partial charge in [-0.05, 0) is 30.8 Å². The summed E-state index contributed by atoms with van der Waals surface area (Å²) in [6, 6.07) is 2.08. The Labute approximate surface area is 157 Å². The van der Waals surface area contributed by atoms with E-state index in [1.807, 2.05) is 0 Å². The van der Waals surface area contributed by atoms with Crippen molar-refractivity contribution in [1.29, 1.82) is 0 Å². The van der Waals surface area contributed by atoms with Gasteiger partial charge in [0.05, 0.1) is 22.0 Å². The van der Waals surface area contributed by atoms with Gasteiger partial charge in [-0.25, -0.2) is 4.79 Å². The third-order valence-corrected chi connectivity index (χ3v) is 4.72. The SMILES string of the molecule is CCOC(=O)C(=O)Nc1nnc(Sc2ccc(C(F)(F)F)cc2[N+](=O)[O-])s1. The summed E-state index contributed by atoms with van der Waals surface area (Å²) in [5, 5.41) is 20.4. The van der Waals surface area contributed by atoms with Gasteiger partial charge >= 0.3 is 18.1 Å². The molecule has 0 atom stereocenters. The molecule has 0 aliphatic rings. The third kappa shape index (κ3) is 5.37. The number of hydrogen-bond donors (Lipinski definition) is 1. The quantitative estimate of drug-likeness (QED) is 0.256. The lowest BCUT2D eigenvalue weighted by Gasteiger charge is -2.07. The summed E-state index contributed by atoms with van der Waals surface area (Å²) in [6.45, 7) is 1.52. The summed E-state index contributed by atoms with van der Waals surface area (Å²) in [5.74, 6) is -2.20. The maximum Gasteiger partial charge on any atom is 0.416 e. The van der Waals surface area contributed by atoms with Crippen LogP contribution in [0.3, 0.4) is 0 Å². The molecule has 2 aromatic rings. The minimum absolute atomic E-state index is 0.00105. The molecule has 2 rings (SSSR count). The molecule has 0 unspecified atom stereocenters. The predicted octanol–water partition coefficient (Wildman–Crippen LogP) is 3.12. The molecule has 1 N–H and O–H groups in total. The molecule has 0 saturated carbocycles. The maximum absolute atomic E-state index is 12.7. The maximum atomic E-state index is 12.7. The number of nitrogens with one attached hydrogen (secondary N) is 1. The number of halogens is 3. The average Bonchev–Trinajstić information content (AvgIpc) is 3.01. The largest absolute Gasteiger partial charge is 0.459 e. The van der Waals surface area contributed by atoms with Crippen molar-refractivity contribution in [2.24, 2.45) is 0 Å². The number of carbonyl (C=O) groups excluding carboxylic acids is 2. The third-order valence-electron chi connectivity index (χ3n) is 2.77. The average molecular weight is 422 g/mol. The van der Waals surface area contributed by atoms with E-state index < -0.39 is 34.2 Å². The fourth-order valence-corrected chi connectivity index (χ4v) is 3.45. The number of nitro benzene ring substituents is 1. The van der Waals surface area contributed by atoms with E-state index in [4.69, 9.17) is 0 Å². The topological polar surface area (TPSA) is 124 Å². The van der Waals surface area contributed by atoms with Crippen LogP contribution in [0.15, 0.2) is 27.4 Å². The van der Waals surface area contributed by atoms with Gasteiger partial charge in [-0.3, -0.25) is 20.2 Å². The summed E-state index contributed by atoms with van der Waals surface area (Å²) in [5.41, 5.74) is -1.90. The fraction of sp³-hybridized carbons (Fsp3) is 0.231. The Bertz CT molecular complexity index is 887. The second-order valence-corrected chi connectivity index (χ2v) is 6.85. The van der Waals surface area contributed by atoms with Gasteiger partial charge in [0.25, 0.3) is 5.69 Å². The van der Waals surface area contributed by atoms with Crippen molar-refractivity contribution in [3.8, 4) is 0 Å².